The van der Waals surface area contributed by atoms with Gasteiger partial charge in [0.25, 0.3) is 12.9 Å². The number of ether oxygens (including phenoxy) is 2. The molecule has 0 bridgehead atoms. The smallest absolute Gasteiger partial charge is 0.464 e. The lowest BCUT2D eigenvalue weighted by Gasteiger charge is -2.35. The standard InChI is InChI=1S/C37H66N13O18P/c1-24(35(61)41-6-7-67-69(63,64)68-17-26(66-23-52)16-65-22-51)25(2)36(62)46-15-30(56)45-14-34(60)50-21-37(18-47-31(57)11-42-27(53)8-38-3,19-48-32(58)12-43-28(54)9-39-4)20-49-33(59)13-44-29(55)10-40-5/h22-26,38-40H,6-21H2,1-5H3,(H,41,61)(H,42,53)(H,43,54)(H,44,55)(H,45,56)(H,46,62)(H,47,57)(H,48,58)(H,49,59)(H,50,60)(H,63,64). The van der Waals surface area contributed by atoms with Gasteiger partial charge in [0.2, 0.25) is 59.1 Å². The van der Waals surface area contributed by atoms with Crippen molar-refractivity contribution in [3.8, 4) is 0 Å². The summed E-state index contributed by atoms with van der Waals surface area (Å²) >= 11 is 0. The number of carbonyl (C=O) groups excluding carboxylic acids is 12. The highest BCUT2D eigenvalue weighted by molar-refractivity contribution is 7.47. The summed E-state index contributed by atoms with van der Waals surface area (Å²) in [7, 11) is -0.125. The lowest BCUT2D eigenvalue weighted by molar-refractivity contribution is -0.144. The van der Waals surface area contributed by atoms with Crippen molar-refractivity contribution >= 4 is 79.8 Å². The predicted molar refractivity (Wildman–Crippen MR) is 237 cm³/mol. The predicted octanol–water partition coefficient (Wildman–Crippen LogP) is -9.09. The van der Waals surface area contributed by atoms with E-state index in [0.717, 1.165) is 0 Å². The molecule has 31 nitrogen and oxygen atoms in total. The highest BCUT2D eigenvalue weighted by Crippen LogP contribution is 2.43. The van der Waals surface area contributed by atoms with Gasteiger partial charge in [0.15, 0.2) is 6.10 Å². The number of likely N-dealkylation sites (N-methyl/N-ethyl adjacent to an activating group) is 3. The van der Waals surface area contributed by atoms with Gasteiger partial charge >= 0.3 is 7.82 Å². The largest absolute Gasteiger partial charge is 0.472 e. The van der Waals surface area contributed by atoms with Crippen molar-refractivity contribution in [2.75, 3.05) is 126 Å². The first-order chi connectivity index (χ1) is 32.7. The third-order valence-electron chi connectivity index (χ3n) is 9.12. The maximum absolute atomic E-state index is 13.1. The van der Waals surface area contributed by atoms with E-state index >= 15 is 0 Å². The fraction of sp³-hybridized carbons (Fsp3) is 0.676. The molecule has 0 heterocycles. The van der Waals surface area contributed by atoms with Gasteiger partial charge < -0.3 is 83.5 Å². The van der Waals surface area contributed by atoms with Crippen molar-refractivity contribution in [1.82, 2.24) is 69.1 Å². The van der Waals surface area contributed by atoms with Crippen LogP contribution in [0.1, 0.15) is 13.8 Å². The molecule has 0 fully saturated rings. The maximum Gasteiger partial charge on any atom is 0.472 e. The first kappa shape index (κ1) is 62.6. The highest BCUT2D eigenvalue weighted by atomic mass is 31.2. The normalized spacial score (nSPS) is 13.0. The molecule has 0 aliphatic carbocycles. The molecule has 0 aliphatic rings. The molecule has 0 rings (SSSR count). The van der Waals surface area contributed by atoms with E-state index in [1.807, 2.05) is 0 Å². The summed E-state index contributed by atoms with van der Waals surface area (Å²) in [4.78, 5) is 156. The lowest BCUT2D eigenvalue weighted by Crippen LogP contribution is -2.59. The van der Waals surface area contributed by atoms with E-state index < -0.39 is 143 Å². The van der Waals surface area contributed by atoms with Gasteiger partial charge in [-0.3, -0.25) is 66.6 Å². The Morgan fingerprint density at radius 3 is 1.20 bits per heavy atom. The summed E-state index contributed by atoms with van der Waals surface area (Å²) in [6.45, 7) is -3.36. The van der Waals surface area contributed by atoms with Crippen molar-refractivity contribution in [2.24, 2.45) is 17.3 Å². The molecule has 4 unspecified atom stereocenters. The molecule has 392 valence electrons. The molecule has 0 saturated carbocycles. The number of nitrogens with one attached hydrogen (secondary N) is 13. The van der Waals surface area contributed by atoms with Gasteiger partial charge in [0, 0.05) is 50.0 Å². The van der Waals surface area contributed by atoms with Gasteiger partial charge in [-0.05, 0) is 21.1 Å². The Labute approximate surface area is 397 Å². The van der Waals surface area contributed by atoms with E-state index in [0.29, 0.717) is 0 Å². The van der Waals surface area contributed by atoms with Gasteiger partial charge in [-0.15, -0.1) is 0 Å². The Bertz CT molecular complexity index is 1690. The summed E-state index contributed by atoms with van der Waals surface area (Å²) in [5.41, 5.74) is -1.43. The van der Waals surface area contributed by atoms with Crippen molar-refractivity contribution in [3.63, 3.8) is 0 Å². The Kier molecular flexibility index (Phi) is 32.4. The molecular formula is C37H66N13O18P. The molecule has 0 aromatic rings. The zero-order valence-corrected chi connectivity index (χ0v) is 39.9. The Hall–Kier alpha value is -6.37. The molecule has 14 N–H and O–H groups in total. The van der Waals surface area contributed by atoms with Crippen LogP contribution in [0.3, 0.4) is 0 Å². The molecule has 4 atom stereocenters. The summed E-state index contributed by atoms with van der Waals surface area (Å²) in [5.74, 6) is -8.54. The maximum atomic E-state index is 13.1. The van der Waals surface area contributed by atoms with Crippen LogP contribution in [-0.2, 0) is 80.6 Å². The molecule has 0 spiro atoms. The number of rotatable bonds is 39. The average Bonchev–Trinajstić information content (AvgIpc) is 3.31. The summed E-state index contributed by atoms with van der Waals surface area (Å²) in [6.07, 6.45) is -1.20. The van der Waals surface area contributed by atoms with Gasteiger partial charge in [-0.25, -0.2) is 4.57 Å². The minimum absolute atomic E-state index is 0.0155. The van der Waals surface area contributed by atoms with Crippen LogP contribution in [0.4, 0.5) is 0 Å². The summed E-state index contributed by atoms with van der Waals surface area (Å²) in [6, 6.07) is 0. The van der Waals surface area contributed by atoms with Crippen LogP contribution in [0.5, 0.6) is 0 Å². The number of hydrogen-bond donors (Lipinski definition) is 14. The minimum atomic E-state index is -4.70. The average molecular weight is 1010 g/mol. The minimum Gasteiger partial charge on any atom is -0.464 e. The van der Waals surface area contributed by atoms with E-state index in [1.165, 1.54) is 35.0 Å². The fourth-order valence-electron chi connectivity index (χ4n) is 5.06. The highest BCUT2D eigenvalue weighted by Gasteiger charge is 2.34. The molecule has 0 radical (unpaired) electrons. The quantitative estimate of drug-likeness (QED) is 0.0154. The Morgan fingerprint density at radius 2 is 0.841 bits per heavy atom. The van der Waals surface area contributed by atoms with Gasteiger partial charge in [-0.1, -0.05) is 13.8 Å². The van der Waals surface area contributed by atoms with Crippen molar-refractivity contribution in [1.29, 1.82) is 0 Å². The Balaban J connectivity index is 5.57. The fourth-order valence-corrected chi connectivity index (χ4v) is 5.81. The third-order valence-corrected chi connectivity index (χ3v) is 10.1. The zero-order valence-electron chi connectivity index (χ0n) is 39.0. The van der Waals surface area contributed by atoms with Crippen molar-refractivity contribution in [2.45, 2.75) is 20.0 Å². The van der Waals surface area contributed by atoms with Crippen molar-refractivity contribution < 1.29 is 85.5 Å². The van der Waals surface area contributed by atoms with Gasteiger partial charge in [0.05, 0.1) is 65.6 Å². The monoisotopic (exact) mass is 1010 g/mol. The summed E-state index contributed by atoms with van der Waals surface area (Å²) < 4.78 is 30.5. The molecule has 0 aromatic heterocycles. The van der Waals surface area contributed by atoms with Crippen LogP contribution >= 0.6 is 7.82 Å². The van der Waals surface area contributed by atoms with Crippen LogP contribution in [-0.4, -0.2) is 209 Å². The van der Waals surface area contributed by atoms with Crippen molar-refractivity contribution in [3.05, 3.63) is 0 Å². The van der Waals surface area contributed by atoms with Crippen LogP contribution in [0.2, 0.25) is 0 Å². The Morgan fingerprint density at radius 1 is 0.493 bits per heavy atom. The summed E-state index contributed by atoms with van der Waals surface area (Å²) in [5, 5.41) is 32.4. The number of amides is 10. The van der Waals surface area contributed by atoms with E-state index in [1.54, 1.807) is 0 Å². The number of hydrogen-bond acceptors (Lipinski definition) is 20. The van der Waals surface area contributed by atoms with Gasteiger partial charge in [-0.2, -0.15) is 0 Å². The third kappa shape index (κ3) is 30.6. The number of phosphoric acid groups is 1. The molecule has 0 aromatic carbocycles. The van der Waals surface area contributed by atoms with E-state index in [4.69, 9.17) is 4.52 Å². The van der Waals surface area contributed by atoms with Crippen LogP contribution in [0.25, 0.3) is 0 Å². The second-order valence-corrected chi connectivity index (χ2v) is 16.2. The molecule has 69 heavy (non-hydrogen) atoms. The van der Waals surface area contributed by atoms with Crippen LogP contribution in [0, 0.1) is 17.3 Å². The van der Waals surface area contributed by atoms with Crippen LogP contribution in [0.15, 0.2) is 0 Å². The second-order valence-electron chi connectivity index (χ2n) is 14.8. The number of phosphoric ester groups is 1. The molecule has 0 saturated heterocycles. The molecule has 10 amide bonds. The van der Waals surface area contributed by atoms with E-state index in [-0.39, 0.29) is 65.3 Å². The second kappa shape index (κ2) is 35.7. The van der Waals surface area contributed by atoms with Gasteiger partial charge in [0.1, 0.15) is 6.61 Å². The number of carbonyl (C=O) groups is 12. The first-order valence-corrected chi connectivity index (χ1v) is 22.5. The molecular weight excluding hydrogens is 945 g/mol. The van der Waals surface area contributed by atoms with E-state index in [2.05, 4.69) is 83.1 Å². The first-order valence-electron chi connectivity index (χ1n) is 21.1. The zero-order chi connectivity index (χ0) is 52.3. The lowest BCUT2D eigenvalue weighted by atomic mass is 9.86. The van der Waals surface area contributed by atoms with Crippen LogP contribution < -0.4 is 69.1 Å². The SMILES string of the molecule is CNCC(=O)NCC(=O)NCC(CNC(=O)CNC(=O)CNC)(CNC(=O)CNC(=O)CNC)CNC(=O)CNC(=O)CNC(=O)C(C)C(C)C(=O)NCCOP(=O)(O)OCC(COC=O)OC=O. The van der Waals surface area contributed by atoms with E-state index in [9.17, 15) is 67.0 Å². The molecule has 32 heteroatoms. The molecule has 0 aliphatic heterocycles. The topological polar surface area (TPSA) is 435 Å².